The Kier molecular flexibility index (Phi) is 3.96. The normalized spacial score (nSPS) is 13.5. The summed E-state index contributed by atoms with van der Waals surface area (Å²) in [6.07, 6.45) is 1.52. The van der Waals surface area contributed by atoms with Crippen LogP contribution in [0.4, 0.5) is 10.1 Å². The van der Waals surface area contributed by atoms with E-state index in [2.05, 4.69) is 14.5 Å². The zero-order chi connectivity index (χ0) is 16.4. The van der Waals surface area contributed by atoms with E-state index >= 15 is 0 Å². The van der Waals surface area contributed by atoms with Crippen molar-refractivity contribution in [2.45, 2.75) is 11.8 Å². The number of hydrogen-bond acceptors (Lipinski definition) is 5. The van der Waals surface area contributed by atoms with Crippen LogP contribution >= 0.6 is 0 Å². The first-order chi connectivity index (χ1) is 10.9. The third kappa shape index (κ3) is 3.45. The van der Waals surface area contributed by atoms with Gasteiger partial charge in [-0.15, -0.1) is 0 Å². The Labute approximate surface area is 133 Å². The molecule has 0 aliphatic carbocycles. The van der Waals surface area contributed by atoms with Crippen molar-refractivity contribution < 1.29 is 13.1 Å². The van der Waals surface area contributed by atoms with Gasteiger partial charge in [0.2, 0.25) is 11.7 Å². The summed E-state index contributed by atoms with van der Waals surface area (Å²) in [4.78, 5) is 4.62. The molecule has 1 unspecified atom stereocenters. The van der Waals surface area contributed by atoms with Crippen LogP contribution < -0.4 is 0 Å². The van der Waals surface area contributed by atoms with Gasteiger partial charge in [0.25, 0.3) is 0 Å². The molecule has 7 heteroatoms. The van der Waals surface area contributed by atoms with Gasteiger partial charge >= 0.3 is 0 Å². The Morgan fingerprint density at radius 1 is 1.09 bits per heavy atom. The molecule has 1 aromatic heterocycles. The van der Waals surface area contributed by atoms with E-state index in [-0.39, 0.29) is 5.82 Å². The molecule has 23 heavy (non-hydrogen) atoms. The van der Waals surface area contributed by atoms with Crippen molar-refractivity contribution in [1.29, 1.82) is 0 Å². The number of rotatable bonds is 3. The van der Waals surface area contributed by atoms with Crippen molar-refractivity contribution in [3.8, 4) is 11.4 Å². The zero-order valence-electron chi connectivity index (χ0n) is 12.6. The lowest BCUT2D eigenvalue weighted by molar-refractivity contribution is 0.394. The quantitative estimate of drug-likeness (QED) is 0.728. The van der Waals surface area contributed by atoms with Crippen LogP contribution in [-0.2, 0) is 9.73 Å². The fourth-order valence-corrected chi connectivity index (χ4v) is 3.30. The van der Waals surface area contributed by atoms with Crippen molar-refractivity contribution in [3.05, 3.63) is 60.2 Å². The van der Waals surface area contributed by atoms with Crippen LogP contribution in [0.2, 0.25) is 0 Å². The molecule has 3 rings (SSSR count). The average Bonchev–Trinajstić information content (AvgIpc) is 2.95. The molecule has 0 aliphatic rings. The lowest BCUT2D eigenvalue weighted by atomic mass is 10.2. The minimum atomic E-state index is -2.64. The second-order valence-electron chi connectivity index (χ2n) is 5.03. The Morgan fingerprint density at radius 2 is 1.74 bits per heavy atom. The Balaban J connectivity index is 1.92. The highest BCUT2D eigenvalue weighted by atomic mass is 32.2. The van der Waals surface area contributed by atoms with Crippen LogP contribution in [0.1, 0.15) is 5.89 Å². The van der Waals surface area contributed by atoms with Gasteiger partial charge in [-0.2, -0.15) is 9.35 Å². The predicted molar refractivity (Wildman–Crippen MR) is 85.3 cm³/mol. The zero-order valence-corrected chi connectivity index (χ0v) is 13.4. The maximum absolute atomic E-state index is 13.0. The van der Waals surface area contributed by atoms with Crippen molar-refractivity contribution in [2.75, 3.05) is 6.26 Å². The standard InChI is InChI=1S/C16H14FN3O2S/c1-11-18-16(19-22-11)12-3-7-14(8-4-12)20-23(2,21)15-9-5-13(17)6-10-15/h3-10H,1-2H3. The fraction of sp³-hybridized carbons (Fsp3) is 0.125. The van der Waals surface area contributed by atoms with Crippen molar-refractivity contribution in [1.82, 2.24) is 10.1 Å². The van der Waals surface area contributed by atoms with E-state index in [1.54, 1.807) is 31.2 Å². The molecule has 0 radical (unpaired) electrons. The summed E-state index contributed by atoms with van der Waals surface area (Å²) < 4.78 is 34.9. The van der Waals surface area contributed by atoms with Gasteiger partial charge in [0.05, 0.1) is 15.4 Å². The highest BCUT2D eigenvalue weighted by Crippen LogP contribution is 2.23. The number of aryl methyl sites for hydroxylation is 1. The highest BCUT2D eigenvalue weighted by molar-refractivity contribution is 7.93. The SMILES string of the molecule is Cc1nc(-c2ccc(N=S(C)(=O)c3ccc(F)cc3)cc2)no1. The summed E-state index contributed by atoms with van der Waals surface area (Å²) in [5.41, 5.74) is 1.34. The van der Waals surface area contributed by atoms with Crippen molar-refractivity contribution >= 4 is 15.4 Å². The van der Waals surface area contributed by atoms with Gasteiger partial charge in [0.15, 0.2) is 0 Å². The lowest BCUT2D eigenvalue weighted by Crippen LogP contribution is -1.96. The molecule has 0 saturated heterocycles. The number of aromatic nitrogens is 2. The molecule has 2 aromatic carbocycles. The summed E-state index contributed by atoms with van der Waals surface area (Å²) in [6, 6.07) is 12.5. The molecule has 1 heterocycles. The summed E-state index contributed by atoms with van der Waals surface area (Å²) >= 11 is 0. The van der Waals surface area contributed by atoms with Crippen LogP contribution in [0.5, 0.6) is 0 Å². The molecule has 0 aliphatic heterocycles. The molecule has 0 bridgehead atoms. The minimum Gasteiger partial charge on any atom is -0.339 e. The third-order valence-electron chi connectivity index (χ3n) is 3.18. The van der Waals surface area contributed by atoms with E-state index in [0.29, 0.717) is 22.3 Å². The molecule has 5 nitrogen and oxygen atoms in total. The number of nitrogens with zero attached hydrogens (tertiary/aromatic N) is 3. The number of halogens is 1. The smallest absolute Gasteiger partial charge is 0.223 e. The second kappa shape index (κ2) is 5.92. The van der Waals surface area contributed by atoms with Crippen LogP contribution in [0.25, 0.3) is 11.4 Å². The van der Waals surface area contributed by atoms with E-state index in [1.807, 2.05) is 0 Å². The van der Waals surface area contributed by atoms with E-state index < -0.39 is 9.73 Å². The maximum atomic E-state index is 13.0. The van der Waals surface area contributed by atoms with Crippen LogP contribution in [0.15, 0.2) is 62.3 Å². The van der Waals surface area contributed by atoms with Gasteiger partial charge < -0.3 is 4.52 Å². The van der Waals surface area contributed by atoms with Crippen LogP contribution in [-0.4, -0.2) is 20.6 Å². The van der Waals surface area contributed by atoms with E-state index in [9.17, 15) is 8.60 Å². The monoisotopic (exact) mass is 331 g/mol. The highest BCUT2D eigenvalue weighted by Gasteiger charge is 2.08. The second-order valence-corrected chi connectivity index (χ2v) is 7.29. The van der Waals surface area contributed by atoms with Gasteiger partial charge in [-0.25, -0.2) is 8.60 Å². The average molecular weight is 331 g/mol. The molecule has 0 N–H and O–H groups in total. The number of hydrogen-bond donors (Lipinski definition) is 0. The first-order valence-electron chi connectivity index (χ1n) is 6.82. The summed E-state index contributed by atoms with van der Waals surface area (Å²) in [5.74, 6) is 0.607. The van der Waals surface area contributed by atoms with E-state index in [0.717, 1.165) is 5.56 Å². The first-order valence-corrected chi connectivity index (χ1v) is 8.75. The Morgan fingerprint density at radius 3 is 2.30 bits per heavy atom. The summed E-state index contributed by atoms with van der Waals surface area (Å²) in [7, 11) is -2.64. The molecule has 0 amide bonds. The largest absolute Gasteiger partial charge is 0.339 e. The minimum absolute atomic E-state index is 0.372. The molecular weight excluding hydrogens is 317 g/mol. The van der Waals surface area contributed by atoms with Gasteiger partial charge in [-0.1, -0.05) is 5.16 Å². The summed E-state index contributed by atoms with van der Waals surface area (Å²) in [5, 5.41) is 3.84. The van der Waals surface area contributed by atoms with Crippen LogP contribution in [0.3, 0.4) is 0 Å². The third-order valence-corrected chi connectivity index (χ3v) is 4.89. The van der Waals surface area contributed by atoms with E-state index in [4.69, 9.17) is 4.52 Å². The molecule has 0 saturated carbocycles. The topological polar surface area (TPSA) is 68.3 Å². The fourth-order valence-electron chi connectivity index (χ4n) is 2.03. The predicted octanol–water partition coefficient (Wildman–Crippen LogP) is 3.97. The van der Waals surface area contributed by atoms with Gasteiger partial charge in [-0.05, 0) is 48.5 Å². The lowest BCUT2D eigenvalue weighted by Gasteiger charge is -2.05. The van der Waals surface area contributed by atoms with Gasteiger partial charge in [0, 0.05) is 23.6 Å². The summed E-state index contributed by atoms with van der Waals surface area (Å²) in [6.45, 7) is 1.72. The molecule has 1 atom stereocenters. The van der Waals surface area contributed by atoms with E-state index in [1.165, 1.54) is 30.5 Å². The van der Waals surface area contributed by atoms with Gasteiger partial charge in [-0.3, -0.25) is 0 Å². The first kappa shape index (κ1) is 15.4. The van der Waals surface area contributed by atoms with Crippen molar-refractivity contribution in [3.63, 3.8) is 0 Å². The maximum Gasteiger partial charge on any atom is 0.223 e. The molecular formula is C16H14FN3O2S. The van der Waals surface area contributed by atoms with Gasteiger partial charge in [0.1, 0.15) is 5.82 Å². The molecule has 0 spiro atoms. The van der Waals surface area contributed by atoms with Crippen LogP contribution in [0, 0.1) is 12.7 Å². The molecule has 0 fully saturated rings. The molecule has 3 aromatic rings. The van der Waals surface area contributed by atoms with Crippen molar-refractivity contribution in [2.24, 2.45) is 4.36 Å². The Bertz CT molecular complexity index is 940. The molecule has 118 valence electrons. The number of benzene rings is 2. The Hall–Kier alpha value is -2.54.